The summed E-state index contributed by atoms with van der Waals surface area (Å²) < 4.78 is 5.34. The van der Waals surface area contributed by atoms with E-state index >= 15 is 0 Å². The molecule has 28 heavy (non-hydrogen) atoms. The third-order valence-electron chi connectivity index (χ3n) is 6.36. The van der Waals surface area contributed by atoms with Crippen molar-refractivity contribution in [3.05, 3.63) is 59.5 Å². The number of furan rings is 1. The van der Waals surface area contributed by atoms with E-state index < -0.39 is 6.04 Å². The lowest BCUT2D eigenvalue weighted by atomic mass is 9.92. The van der Waals surface area contributed by atoms with Crippen LogP contribution in [0, 0.1) is 0 Å². The monoisotopic (exact) mass is 379 g/mol. The number of likely N-dealkylation sites (tertiary alicyclic amines) is 1. The number of carbonyl (C=O) groups excluding carboxylic acids is 2. The average Bonchev–Trinajstić information content (AvgIpc) is 3.35. The minimum absolute atomic E-state index is 0.0590. The Bertz CT molecular complexity index is 879. The van der Waals surface area contributed by atoms with E-state index in [4.69, 9.17) is 4.42 Å². The first-order chi connectivity index (χ1) is 13.7. The van der Waals surface area contributed by atoms with Crippen LogP contribution in [0.2, 0.25) is 0 Å². The summed E-state index contributed by atoms with van der Waals surface area (Å²) in [6, 6.07) is 11.9. The molecule has 4 heterocycles. The van der Waals surface area contributed by atoms with Gasteiger partial charge in [-0.2, -0.15) is 0 Å². The summed E-state index contributed by atoms with van der Waals surface area (Å²) in [5.41, 5.74) is 2.25. The number of benzene rings is 1. The molecule has 0 aliphatic carbocycles. The van der Waals surface area contributed by atoms with Crippen molar-refractivity contribution < 1.29 is 14.0 Å². The first-order valence-corrected chi connectivity index (χ1v) is 10.1. The summed E-state index contributed by atoms with van der Waals surface area (Å²) in [5, 5.41) is 3.62. The maximum atomic E-state index is 13.6. The highest BCUT2D eigenvalue weighted by atomic mass is 16.3. The van der Waals surface area contributed by atoms with Gasteiger partial charge in [-0.05, 0) is 42.5 Å². The Balaban J connectivity index is 1.44. The zero-order valence-corrected chi connectivity index (χ0v) is 15.8. The summed E-state index contributed by atoms with van der Waals surface area (Å²) in [7, 11) is 0. The van der Waals surface area contributed by atoms with Crippen molar-refractivity contribution in [2.75, 3.05) is 13.1 Å². The van der Waals surface area contributed by atoms with Gasteiger partial charge < -0.3 is 19.5 Å². The van der Waals surface area contributed by atoms with Crippen LogP contribution in [-0.2, 0) is 17.8 Å². The van der Waals surface area contributed by atoms with Crippen LogP contribution >= 0.6 is 0 Å². The number of hydrogen-bond acceptors (Lipinski definition) is 4. The van der Waals surface area contributed by atoms with Gasteiger partial charge in [-0.25, -0.2) is 0 Å². The fourth-order valence-corrected chi connectivity index (χ4v) is 4.85. The van der Waals surface area contributed by atoms with Gasteiger partial charge in [0.25, 0.3) is 5.91 Å². The Morgan fingerprint density at radius 3 is 2.64 bits per heavy atom. The molecule has 3 aliphatic heterocycles. The van der Waals surface area contributed by atoms with E-state index in [2.05, 4.69) is 11.4 Å². The first-order valence-electron chi connectivity index (χ1n) is 10.1. The van der Waals surface area contributed by atoms with Crippen molar-refractivity contribution in [1.29, 1.82) is 0 Å². The van der Waals surface area contributed by atoms with E-state index in [0.717, 1.165) is 37.1 Å². The molecule has 5 rings (SSSR count). The second-order valence-corrected chi connectivity index (χ2v) is 8.11. The van der Waals surface area contributed by atoms with Gasteiger partial charge in [-0.15, -0.1) is 0 Å². The normalized spacial score (nSPS) is 26.6. The van der Waals surface area contributed by atoms with Crippen LogP contribution in [0.15, 0.2) is 47.1 Å². The second-order valence-electron chi connectivity index (χ2n) is 8.11. The second kappa shape index (κ2) is 7.09. The molecule has 146 valence electrons. The van der Waals surface area contributed by atoms with Gasteiger partial charge in [0.15, 0.2) is 5.76 Å². The summed E-state index contributed by atoms with van der Waals surface area (Å²) in [5.74, 6) is 0.129. The van der Waals surface area contributed by atoms with Gasteiger partial charge in [-0.3, -0.25) is 9.59 Å². The Morgan fingerprint density at radius 1 is 1.00 bits per heavy atom. The number of nitrogens with zero attached hydrogens (tertiary/aromatic N) is 2. The smallest absolute Gasteiger partial charge is 0.290 e. The molecule has 1 aromatic heterocycles. The number of carbonyl (C=O) groups is 2. The molecule has 0 spiro atoms. The quantitative estimate of drug-likeness (QED) is 0.869. The molecule has 6 nitrogen and oxygen atoms in total. The zero-order chi connectivity index (χ0) is 19.1. The van der Waals surface area contributed by atoms with Crippen LogP contribution < -0.4 is 5.32 Å². The molecule has 3 aliphatic rings. The SMILES string of the molecule is O=C(C1Cc2ccccc2CN1C(=O)c1ccco1)N1CCC2CCC(C1)N2. The molecule has 2 amide bonds. The van der Waals surface area contributed by atoms with Crippen molar-refractivity contribution in [2.45, 2.75) is 50.4 Å². The molecule has 3 atom stereocenters. The van der Waals surface area contributed by atoms with E-state index in [0.29, 0.717) is 25.0 Å². The van der Waals surface area contributed by atoms with Crippen molar-refractivity contribution >= 4 is 11.8 Å². The van der Waals surface area contributed by atoms with Crippen molar-refractivity contribution in [3.8, 4) is 0 Å². The predicted molar refractivity (Wildman–Crippen MR) is 104 cm³/mol. The minimum Gasteiger partial charge on any atom is -0.459 e. The number of amides is 2. The maximum Gasteiger partial charge on any atom is 0.290 e. The predicted octanol–water partition coefficient (Wildman–Crippen LogP) is 2.20. The van der Waals surface area contributed by atoms with Gasteiger partial charge >= 0.3 is 0 Å². The largest absolute Gasteiger partial charge is 0.459 e. The third-order valence-corrected chi connectivity index (χ3v) is 6.36. The van der Waals surface area contributed by atoms with Crippen LogP contribution in [0.5, 0.6) is 0 Å². The lowest BCUT2D eigenvalue weighted by molar-refractivity contribution is -0.137. The molecule has 3 unspecified atom stereocenters. The third kappa shape index (κ3) is 3.11. The number of nitrogens with one attached hydrogen (secondary N) is 1. The molecular formula is C22H25N3O3. The molecule has 2 aromatic rings. The summed E-state index contributed by atoms with van der Waals surface area (Å²) in [6.07, 6.45) is 5.36. The first kappa shape index (κ1) is 17.5. The molecule has 1 N–H and O–H groups in total. The topological polar surface area (TPSA) is 65.8 Å². The Morgan fingerprint density at radius 2 is 1.82 bits per heavy atom. The summed E-state index contributed by atoms with van der Waals surface area (Å²) in [6.45, 7) is 1.93. The maximum absolute atomic E-state index is 13.6. The van der Waals surface area contributed by atoms with Gasteiger partial charge in [0, 0.05) is 38.1 Å². The number of fused-ring (bicyclic) bond motifs is 3. The highest BCUT2D eigenvalue weighted by Gasteiger charge is 2.40. The fourth-order valence-electron chi connectivity index (χ4n) is 4.85. The van der Waals surface area contributed by atoms with Crippen LogP contribution in [0.1, 0.15) is 40.9 Å². The van der Waals surface area contributed by atoms with Crippen LogP contribution in [-0.4, -0.2) is 52.8 Å². The van der Waals surface area contributed by atoms with E-state index in [-0.39, 0.29) is 17.6 Å². The van der Waals surface area contributed by atoms with Gasteiger partial charge in [0.2, 0.25) is 5.91 Å². The molecule has 0 radical (unpaired) electrons. The van der Waals surface area contributed by atoms with Crippen LogP contribution in [0.25, 0.3) is 0 Å². The van der Waals surface area contributed by atoms with E-state index in [1.54, 1.807) is 17.0 Å². The van der Waals surface area contributed by atoms with Crippen molar-refractivity contribution in [3.63, 3.8) is 0 Å². The van der Waals surface area contributed by atoms with Crippen LogP contribution in [0.3, 0.4) is 0 Å². The molecule has 1 aromatic carbocycles. The fraction of sp³-hybridized carbons (Fsp3) is 0.455. The number of hydrogen-bond donors (Lipinski definition) is 1. The zero-order valence-electron chi connectivity index (χ0n) is 15.8. The van der Waals surface area contributed by atoms with Crippen molar-refractivity contribution in [2.24, 2.45) is 0 Å². The van der Waals surface area contributed by atoms with Gasteiger partial charge in [-0.1, -0.05) is 24.3 Å². The lowest BCUT2D eigenvalue weighted by Crippen LogP contribution is -2.54. The highest BCUT2D eigenvalue weighted by Crippen LogP contribution is 2.28. The molecule has 0 saturated carbocycles. The highest BCUT2D eigenvalue weighted by molar-refractivity contribution is 5.96. The summed E-state index contributed by atoms with van der Waals surface area (Å²) in [4.78, 5) is 30.3. The molecule has 2 bridgehead atoms. The van der Waals surface area contributed by atoms with Gasteiger partial charge in [0.1, 0.15) is 6.04 Å². The average molecular weight is 379 g/mol. The van der Waals surface area contributed by atoms with E-state index in [1.165, 1.54) is 12.7 Å². The van der Waals surface area contributed by atoms with Gasteiger partial charge in [0.05, 0.1) is 6.26 Å². The molecular weight excluding hydrogens is 354 g/mol. The van der Waals surface area contributed by atoms with Crippen molar-refractivity contribution in [1.82, 2.24) is 15.1 Å². The Hall–Kier alpha value is -2.60. The number of rotatable bonds is 2. The minimum atomic E-state index is -0.482. The Labute approximate surface area is 164 Å². The lowest BCUT2D eigenvalue weighted by Gasteiger charge is -2.38. The molecule has 2 fully saturated rings. The standard InChI is InChI=1S/C22H25N3O3/c26-21(24-10-9-17-7-8-18(14-24)23-17)19-12-15-4-1-2-5-16(15)13-25(19)22(27)20-6-3-11-28-20/h1-6,11,17-19,23H,7-10,12-14H2. The summed E-state index contributed by atoms with van der Waals surface area (Å²) >= 11 is 0. The Kier molecular flexibility index (Phi) is 4.43. The molecule has 6 heteroatoms. The van der Waals surface area contributed by atoms with E-state index in [9.17, 15) is 9.59 Å². The molecule has 2 saturated heterocycles. The van der Waals surface area contributed by atoms with Crippen LogP contribution in [0.4, 0.5) is 0 Å². The van der Waals surface area contributed by atoms with E-state index in [1.807, 2.05) is 23.1 Å².